The van der Waals surface area contributed by atoms with Gasteiger partial charge in [-0.15, -0.1) is 0 Å². The smallest absolute Gasteiger partial charge is 0.0103 e. The Balaban J connectivity index is 2.92. The molecule has 0 aromatic carbocycles. The van der Waals surface area contributed by atoms with Crippen LogP contribution in [-0.4, -0.2) is 6.04 Å². The van der Waals surface area contributed by atoms with Gasteiger partial charge in [0.05, 0.1) is 0 Å². The average molecular weight is 193 g/mol. The van der Waals surface area contributed by atoms with Crippen LogP contribution in [0.1, 0.15) is 41.0 Å². The predicted molar refractivity (Wildman–Crippen MR) is 63.1 cm³/mol. The number of nitrogens with two attached hydrogens (primary N) is 1. The van der Waals surface area contributed by atoms with E-state index in [0.717, 1.165) is 6.42 Å². The molecule has 0 aromatic heterocycles. The van der Waals surface area contributed by atoms with E-state index in [1.807, 2.05) is 0 Å². The Morgan fingerprint density at radius 1 is 1.43 bits per heavy atom. The second-order valence-electron chi connectivity index (χ2n) is 4.60. The lowest BCUT2D eigenvalue weighted by molar-refractivity contribution is 0.503. The van der Waals surface area contributed by atoms with Gasteiger partial charge >= 0.3 is 0 Å². The third-order valence-corrected chi connectivity index (χ3v) is 3.60. The van der Waals surface area contributed by atoms with Gasteiger partial charge in [-0.05, 0) is 37.7 Å². The van der Waals surface area contributed by atoms with Crippen LogP contribution in [0.2, 0.25) is 0 Å². The molecule has 14 heavy (non-hydrogen) atoms. The Bertz CT molecular complexity index is 273. The molecule has 0 heterocycles. The van der Waals surface area contributed by atoms with Crippen LogP contribution in [0.5, 0.6) is 0 Å². The van der Waals surface area contributed by atoms with Crippen molar-refractivity contribution >= 4 is 0 Å². The fourth-order valence-electron chi connectivity index (χ4n) is 2.43. The molecule has 0 bridgehead atoms. The summed E-state index contributed by atoms with van der Waals surface area (Å²) in [5.74, 6) is 1.11. The number of hydrogen-bond donors (Lipinski definition) is 1. The van der Waals surface area contributed by atoms with Gasteiger partial charge in [0.2, 0.25) is 0 Å². The quantitative estimate of drug-likeness (QED) is 0.731. The Labute approximate surface area is 88.1 Å². The third-order valence-electron chi connectivity index (χ3n) is 3.60. The first-order chi connectivity index (χ1) is 6.49. The molecule has 0 aliphatic heterocycles. The van der Waals surface area contributed by atoms with Gasteiger partial charge in [-0.2, -0.15) is 0 Å². The van der Waals surface area contributed by atoms with Gasteiger partial charge in [0, 0.05) is 6.04 Å². The first kappa shape index (κ1) is 11.5. The van der Waals surface area contributed by atoms with Gasteiger partial charge in [-0.3, -0.25) is 0 Å². The SMILES string of the molecule is CCC(N)C(C)C1=C(C)C(C)C=C1C. The highest BCUT2D eigenvalue weighted by molar-refractivity contribution is 5.44. The van der Waals surface area contributed by atoms with Crippen LogP contribution in [0.15, 0.2) is 22.8 Å². The van der Waals surface area contributed by atoms with E-state index in [4.69, 9.17) is 5.73 Å². The summed E-state index contributed by atoms with van der Waals surface area (Å²) in [6.45, 7) is 11.1. The molecule has 0 spiro atoms. The zero-order valence-corrected chi connectivity index (χ0v) is 10.1. The van der Waals surface area contributed by atoms with Crippen molar-refractivity contribution in [3.63, 3.8) is 0 Å². The normalized spacial score (nSPS) is 26.4. The summed E-state index contributed by atoms with van der Waals surface area (Å²) in [6, 6.07) is 0.300. The molecule has 1 aliphatic carbocycles. The van der Waals surface area contributed by atoms with Crippen molar-refractivity contribution in [3.8, 4) is 0 Å². The molecule has 3 atom stereocenters. The zero-order chi connectivity index (χ0) is 10.9. The fourth-order valence-corrected chi connectivity index (χ4v) is 2.43. The lowest BCUT2D eigenvalue weighted by atomic mass is 9.87. The average Bonchev–Trinajstić information content (AvgIpc) is 2.39. The fraction of sp³-hybridized carbons (Fsp3) is 0.692. The second-order valence-corrected chi connectivity index (χ2v) is 4.60. The van der Waals surface area contributed by atoms with Crippen LogP contribution in [0.4, 0.5) is 0 Å². The van der Waals surface area contributed by atoms with Gasteiger partial charge in [0.1, 0.15) is 0 Å². The molecule has 1 rings (SSSR count). The van der Waals surface area contributed by atoms with Crippen molar-refractivity contribution in [1.29, 1.82) is 0 Å². The van der Waals surface area contributed by atoms with Gasteiger partial charge in [-0.1, -0.05) is 38.0 Å². The largest absolute Gasteiger partial charge is 0.327 e. The van der Waals surface area contributed by atoms with E-state index >= 15 is 0 Å². The van der Waals surface area contributed by atoms with Crippen LogP contribution in [0.25, 0.3) is 0 Å². The highest BCUT2D eigenvalue weighted by atomic mass is 14.6. The minimum Gasteiger partial charge on any atom is -0.327 e. The van der Waals surface area contributed by atoms with E-state index in [0.29, 0.717) is 17.9 Å². The van der Waals surface area contributed by atoms with Crippen molar-refractivity contribution in [2.75, 3.05) is 0 Å². The molecule has 3 unspecified atom stereocenters. The third kappa shape index (κ3) is 1.93. The van der Waals surface area contributed by atoms with Crippen molar-refractivity contribution < 1.29 is 0 Å². The highest BCUT2D eigenvalue weighted by Gasteiger charge is 2.24. The Morgan fingerprint density at radius 3 is 2.36 bits per heavy atom. The molecular weight excluding hydrogens is 170 g/mol. The topological polar surface area (TPSA) is 26.0 Å². The number of allylic oxidation sites excluding steroid dienone is 3. The number of rotatable bonds is 3. The summed E-state index contributed by atoms with van der Waals surface area (Å²) in [5, 5.41) is 0. The molecule has 0 saturated carbocycles. The van der Waals surface area contributed by atoms with Gasteiger partial charge in [-0.25, -0.2) is 0 Å². The molecular formula is C13H23N. The summed E-state index contributed by atoms with van der Waals surface area (Å²) in [4.78, 5) is 0. The van der Waals surface area contributed by atoms with E-state index in [2.05, 4.69) is 40.7 Å². The highest BCUT2D eigenvalue weighted by Crippen LogP contribution is 2.36. The van der Waals surface area contributed by atoms with Crippen LogP contribution in [0, 0.1) is 11.8 Å². The minimum atomic E-state index is 0.300. The Kier molecular flexibility index (Phi) is 3.54. The zero-order valence-electron chi connectivity index (χ0n) is 10.1. The Morgan fingerprint density at radius 2 is 2.00 bits per heavy atom. The summed E-state index contributed by atoms with van der Waals surface area (Å²) in [5.41, 5.74) is 10.6. The van der Waals surface area contributed by atoms with E-state index in [-0.39, 0.29) is 0 Å². The first-order valence-electron chi connectivity index (χ1n) is 5.64. The molecule has 80 valence electrons. The summed E-state index contributed by atoms with van der Waals surface area (Å²) >= 11 is 0. The monoisotopic (exact) mass is 193 g/mol. The molecule has 0 aromatic rings. The van der Waals surface area contributed by atoms with Crippen LogP contribution in [-0.2, 0) is 0 Å². The van der Waals surface area contributed by atoms with Gasteiger partial charge < -0.3 is 5.73 Å². The maximum atomic E-state index is 6.10. The predicted octanol–water partition coefficient (Wildman–Crippen LogP) is 3.27. The standard InChI is InChI=1S/C13H23N/c1-6-12(14)11(5)13-9(3)7-8(2)10(13)4/h7-8,11-12H,6,14H2,1-5H3. The summed E-state index contributed by atoms with van der Waals surface area (Å²) < 4.78 is 0. The number of hydrogen-bond acceptors (Lipinski definition) is 1. The van der Waals surface area contributed by atoms with Crippen molar-refractivity contribution in [1.82, 2.24) is 0 Å². The molecule has 0 saturated heterocycles. The molecule has 2 N–H and O–H groups in total. The van der Waals surface area contributed by atoms with E-state index in [1.165, 1.54) is 16.7 Å². The second kappa shape index (κ2) is 4.31. The maximum Gasteiger partial charge on any atom is 0.0103 e. The van der Waals surface area contributed by atoms with Crippen molar-refractivity contribution in [2.45, 2.75) is 47.1 Å². The van der Waals surface area contributed by atoms with Crippen molar-refractivity contribution in [2.24, 2.45) is 17.6 Å². The van der Waals surface area contributed by atoms with Crippen LogP contribution >= 0.6 is 0 Å². The molecule has 1 heteroatoms. The molecule has 0 radical (unpaired) electrons. The lowest BCUT2D eigenvalue weighted by Crippen LogP contribution is -2.29. The van der Waals surface area contributed by atoms with E-state index in [9.17, 15) is 0 Å². The van der Waals surface area contributed by atoms with E-state index < -0.39 is 0 Å². The van der Waals surface area contributed by atoms with Crippen LogP contribution in [0.3, 0.4) is 0 Å². The first-order valence-corrected chi connectivity index (χ1v) is 5.64. The van der Waals surface area contributed by atoms with E-state index in [1.54, 1.807) is 0 Å². The molecule has 0 amide bonds. The van der Waals surface area contributed by atoms with Gasteiger partial charge in [0.15, 0.2) is 0 Å². The van der Waals surface area contributed by atoms with Crippen molar-refractivity contribution in [3.05, 3.63) is 22.8 Å². The summed E-state index contributed by atoms with van der Waals surface area (Å²) in [6.07, 6.45) is 3.41. The Hall–Kier alpha value is -0.560. The molecule has 0 fully saturated rings. The molecule has 1 aliphatic rings. The lowest BCUT2D eigenvalue weighted by Gasteiger charge is -2.22. The minimum absolute atomic E-state index is 0.300. The van der Waals surface area contributed by atoms with Gasteiger partial charge in [0.25, 0.3) is 0 Å². The van der Waals surface area contributed by atoms with Crippen LogP contribution < -0.4 is 5.73 Å². The summed E-state index contributed by atoms with van der Waals surface area (Å²) in [7, 11) is 0. The molecule has 1 nitrogen and oxygen atoms in total. The maximum absolute atomic E-state index is 6.10.